The van der Waals surface area contributed by atoms with Gasteiger partial charge in [-0.2, -0.15) is 0 Å². The van der Waals surface area contributed by atoms with E-state index in [2.05, 4.69) is 20.9 Å². The first-order chi connectivity index (χ1) is 12.8. The van der Waals surface area contributed by atoms with E-state index < -0.39 is 0 Å². The zero-order valence-electron chi connectivity index (χ0n) is 16.0. The number of fused-ring (bicyclic) bond motifs is 1. The van der Waals surface area contributed by atoms with Crippen molar-refractivity contribution in [1.29, 1.82) is 0 Å². The van der Waals surface area contributed by atoms with Crippen LogP contribution in [0, 0.1) is 5.92 Å². The lowest BCUT2D eigenvalue weighted by Gasteiger charge is -2.37. The number of hydrogen-bond acceptors (Lipinski definition) is 6. The molecule has 2 heterocycles. The summed E-state index contributed by atoms with van der Waals surface area (Å²) in [6, 6.07) is 1.31. The second kappa shape index (κ2) is 9.48. The summed E-state index contributed by atoms with van der Waals surface area (Å²) < 4.78 is 11.6. The summed E-state index contributed by atoms with van der Waals surface area (Å²) in [5, 5.41) is 9.58. The SMILES string of the molecule is COCC(=O)N(C)C[C@@H]1Oc2ncc(Br)cc2C(=O)N([C@@H](C)CO)C[C@@H]1C. The quantitative estimate of drug-likeness (QED) is 0.709. The fourth-order valence-electron chi connectivity index (χ4n) is 2.90. The van der Waals surface area contributed by atoms with E-state index in [-0.39, 0.29) is 49.0 Å². The molecule has 0 saturated heterocycles. The number of ether oxygens (including phenoxy) is 2. The lowest BCUT2D eigenvalue weighted by Crippen LogP contribution is -2.50. The molecular weight excluding hydrogens is 418 g/mol. The highest BCUT2D eigenvalue weighted by Crippen LogP contribution is 2.28. The van der Waals surface area contributed by atoms with Gasteiger partial charge in [0.05, 0.1) is 19.2 Å². The van der Waals surface area contributed by atoms with Crippen LogP contribution in [0.5, 0.6) is 5.88 Å². The van der Waals surface area contributed by atoms with E-state index in [4.69, 9.17) is 9.47 Å². The second-order valence-corrected chi connectivity index (χ2v) is 7.75. The molecule has 2 rings (SSSR count). The largest absolute Gasteiger partial charge is 0.472 e. The number of halogens is 1. The van der Waals surface area contributed by atoms with E-state index in [0.717, 1.165) is 0 Å². The number of aromatic nitrogens is 1. The number of pyridine rings is 1. The number of carbonyl (C=O) groups excluding carboxylic acids is 2. The van der Waals surface area contributed by atoms with Crippen molar-refractivity contribution in [2.45, 2.75) is 26.0 Å². The van der Waals surface area contributed by atoms with Crippen LogP contribution in [0.4, 0.5) is 0 Å². The van der Waals surface area contributed by atoms with Crippen molar-refractivity contribution in [3.8, 4) is 5.88 Å². The molecular formula is C18H26BrN3O5. The van der Waals surface area contributed by atoms with Crippen LogP contribution in [0.1, 0.15) is 24.2 Å². The maximum absolute atomic E-state index is 13.0. The third kappa shape index (κ3) is 5.18. The highest BCUT2D eigenvalue weighted by atomic mass is 79.9. The van der Waals surface area contributed by atoms with Crippen LogP contribution in [0.3, 0.4) is 0 Å². The number of carbonyl (C=O) groups is 2. The molecule has 0 radical (unpaired) electrons. The molecule has 2 amide bonds. The maximum Gasteiger partial charge on any atom is 0.259 e. The van der Waals surface area contributed by atoms with Crippen molar-refractivity contribution < 1.29 is 24.2 Å². The first-order valence-electron chi connectivity index (χ1n) is 8.75. The fourth-order valence-corrected chi connectivity index (χ4v) is 3.23. The molecule has 9 heteroatoms. The smallest absolute Gasteiger partial charge is 0.259 e. The van der Waals surface area contributed by atoms with Crippen molar-refractivity contribution in [2.75, 3.05) is 40.5 Å². The molecule has 1 N–H and O–H groups in total. The Labute approximate surface area is 167 Å². The van der Waals surface area contributed by atoms with E-state index in [1.807, 2.05) is 6.92 Å². The monoisotopic (exact) mass is 443 g/mol. The topological polar surface area (TPSA) is 92.2 Å². The molecule has 150 valence electrons. The van der Waals surface area contributed by atoms with Crippen LogP contribution in [0.2, 0.25) is 0 Å². The van der Waals surface area contributed by atoms with Gasteiger partial charge in [0.25, 0.3) is 5.91 Å². The van der Waals surface area contributed by atoms with Gasteiger partial charge in [0.2, 0.25) is 11.8 Å². The Morgan fingerprint density at radius 2 is 2.30 bits per heavy atom. The minimum Gasteiger partial charge on any atom is -0.472 e. The molecule has 0 saturated carbocycles. The molecule has 1 aliphatic heterocycles. The molecule has 0 spiro atoms. The predicted molar refractivity (Wildman–Crippen MR) is 103 cm³/mol. The molecule has 3 atom stereocenters. The Morgan fingerprint density at radius 1 is 1.59 bits per heavy atom. The lowest BCUT2D eigenvalue weighted by atomic mass is 10.00. The van der Waals surface area contributed by atoms with Crippen LogP contribution in [-0.2, 0) is 9.53 Å². The molecule has 0 aromatic carbocycles. The van der Waals surface area contributed by atoms with Crippen LogP contribution in [-0.4, -0.2) is 84.3 Å². The zero-order chi connectivity index (χ0) is 20.1. The van der Waals surface area contributed by atoms with Gasteiger partial charge in [0.15, 0.2) is 0 Å². The average molecular weight is 444 g/mol. The Morgan fingerprint density at radius 3 is 2.93 bits per heavy atom. The maximum atomic E-state index is 13.0. The highest BCUT2D eigenvalue weighted by molar-refractivity contribution is 9.10. The summed E-state index contributed by atoms with van der Waals surface area (Å²) in [5.74, 6) is -0.257. The van der Waals surface area contributed by atoms with Gasteiger partial charge in [-0.25, -0.2) is 4.98 Å². The average Bonchev–Trinajstić information content (AvgIpc) is 2.64. The van der Waals surface area contributed by atoms with Gasteiger partial charge in [-0.1, -0.05) is 6.92 Å². The summed E-state index contributed by atoms with van der Waals surface area (Å²) >= 11 is 3.34. The number of hydrogen-bond donors (Lipinski definition) is 1. The van der Waals surface area contributed by atoms with Gasteiger partial charge in [-0.15, -0.1) is 0 Å². The number of aliphatic hydroxyl groups excluding tert-OH is 1. The summed E-state index contributed by atoms with van der Waals surface area (Å²) in [6.07, 6.45) is 1.19. The summed E-state index contributed by atoms with van der Waals surface area (Å²) in [5.41, 5.74) is 0.326. The fraction of sp³-hybridized carbons (Fsp3) is 0.611. The third-order valence-electron chi connectivity index (χ3n) is 4.64. The zero-order valence-corrected chi connectivity index (χ0v) is 17.6. The van der Waals surface area contributed by atoms with Crippen LogP contribution in [0.15, 0.2) is 16.7 Å². The van der Waals surface area contributed by atoms with E-state index >= 15 is 0 Å². The molecule has 0 fully saturated rings. The molecule has 0 aliphatic carbocycles. The predicted octanol–water partition coefficient (Wildman–Crippen LogP) is 1.17. The third-order valence-corrected chi connectivity index (χ3v) is 5.07. The Balaban J connectivity index is 2.36. The summed E-state index contributed by atoms with van der Waals surface area (Å²) in [7, 11) is 3.16. The van der Waals surface area contributed by atoms with Gasteiger partial charge < -0.3 is 24.4 Å². The summed E-state index contributed by atoms with van der Waals surface area (Å²) in [6.45, 7) is 4.31. The van der Waals surface area contributed by atoms with Crippen LogP contribution < -0.4 is 4.74 Å². The minimum absolute atomic E-state index is 0.00839. The molecule has 1 aliphatic rings. The van der Waals surface area contributed by atoms with Crippen LogP contribution >= 0.6 is 15.9 Å². The van der Waals surface area contributed by atoms with E-state index in [0.29, 0.717) is 23.1 Å². The minimum atomic E-state index is -0.371. The molecule has 0 unspecified atom stereocenters. The summed E-state index contributed by atoms with van der Waals surface area (Å²) in [4.78, 5) is 32.5. The van der Waals surface area contributed by atoms with E-state index in [1.54, 1.807) is 36.0 Å². The normalized spacial score (nSPS) is 21.0. The second-order valence-electron chi connectivity index (χ2n) is 6.84. The number of rotatable bonds is 6. The van der Waals surface area contributed by atoms with Gasteiger partial charge in [-0.3, -0.25) is 9.59 Å². The van der Waals surface area contributed by atoms with Gasteiger partial charge >= 0.3 is 0 Å². The number of likely N-dealkylation sites (N-methyl/N-ethyl adjacent to an activating group) is 1. The van der Waals surface area contributed by atoms with Crippen molar-refractivity contribution >= 4 is 27.7 Å². The first-order valence-corrected chi connectivity index (χ1v) is 9.54. The van der Waals surface area contributed by atoms with Gasteiger partial charge in [0, 0.05) is 37.3 Å². The van der Waals surface area contributed by atoms with Crippen molar-refractivity contribution in [1.82, 2.24) is 14.8 Å². The van der Waals surface area contributed by atoms with E-state index in [1.165, 1.54) is 7.11 Å². The van der Waals surface area contributed by atoms with Crippen LogP contribution in [0.25, 0.3) is 0 Å². The lowest BCUT2D eigenvalue weighted by molar-refractivity contribution is -0.135. The molecule has 8 nitrogen and oxygen atoms in total. The number of methoxy groups -OCH3 is 1. The standard InChI is InChI=1S/C18H26BrN3O5/c1-11-7-22(12(2)9-23)18(25)14-5-13(19)6-20-17(14)27-15(11)8-21(3)16(24)10-26-4/h5-6,11-12,15,23H,7-10H2,1-4H3/t11-,12-,15-/m0/s1. The number of nitrogens with zero attached hydrogens (tertiary/aromatic N) is 3. The number of aliphatic hydroxyl groups is 1. The highest BCUT2D eigenvalue weighted by Gasteiger charge is 2.34. The van der Waals surface area contributed by atoms with Crippen molar-refractivity contribution in [3.05, 3.63) is 22.3 Å². The van der Waals surface area contributed by atoms with Crippen molar-refractivity contribution in [2.24, 2.45) is 5.92 Å². The molecule has 0 bridgehead atoms. The Kier molecular flexibility index (Phi) is 7.58. The van der Waals surface area contributed by atoms with Gasteiger partial charge in [0.1, 0.15) is 18.3 Å². The van der Waals surface area contributed by atoms with Crippen molar-refractivity contribution in [3.63, 3.8) is 0 Å². The van der Waals surface area contributed by atoms with Gasteiger partial charge in [-0.05, 0) is 28.9 Å². The van der Waals surface area contributed by atoms with E-state index in [9.17, 15) is 14.7 Å². The Bertz CT molecular complexity index is 687. The molecule has 1 aromatic rings. The molecule has 27 heavy (non-hydrogen) atoms. The Hall–Kier alpha value is -1.71. The number of amides is 2. The molecule has 1 aromatic heterocycles. The first kappa shape index (κ1) is 21.6.